The van der Waals surface area contributed by atoms with Gasteiger partial charge in [0.15, 0.2) is 5.78 Å². The van der Waals surface area contributed by atoms with Crippen LogP contribution in [-0.2, 0) is 4.79 Å². The van der Waals surface area contributed by atoms with E-state index in [4.69, 9.17) is 4.74 Å². The van der Waals surface area contributed by atoms with Gasteiger partial charge in [0.2, 0.25) is 0 Å². The van der Waals surface area contributed by atoms with E-state index in [0.29, 0.717) is 25.4 Å². The van der Waals surface area contributed by atoms with E-state index >= 15 is 0 Å². The van der Waals surface area contributed by atoms with Crippen molar-refractivity contribution in [2.45, 2.75) is 12.5 Å². The number of anilines is 1. The fourth-order valence-electron chi connectivity index (χ4n) is 2.19. The highest BCUT2D eigenvalue weighted by Gasteiger charge is 2.35. The van der Waals surface area contributed by atoms with Crippen LogP contribution in [-0.4, -0.2) is 25.0 Å². The van der Waals surface area contributed by atoms with Crippen molar-refractivity contribution in [3.63, 3.8) is 0 Å². The average molecular weight is 189 g/mol. The number of ketones is 1. The highest BCUT2D eigenvalue weighted by molar-refractivity contribution is 5.89. The molecule has 72 valence electrons. The summed E-state index contributed by atoms with van der Waals surface area (Å²) in [7, 11) is 0. The second-order valence-electron chi connectivity index (χ2n) is 3.80. The molecule has 1 saturated heterocycles. The Balaban J connectivity index is 2.05. The van der Waals surface area contributed by atoms with E-state index in [2.05, 4.69) is 4.90 Å². The number of hydrogen-bond acceptors (Lipinski definition) is 3. The SMILES string of the molecule is O=C1CC2COc3ccccc3N2C1. The lowest BCUT2D eigenvalue weighted by Gasteiger charge is -2.32. The molecule has 1 aromatic rings. The van der Waals surface area contributed by atoms with Gasteiger partial charge in [0.05, 0.1) is 18.3 Å². The third-order valence-corrected chi connectivity index (χ3v) is 2.86. The number of hydrogen-bond donors (Lipinski definition) is 0. The minimum atomic E-state index is 0.261. The lowest BCUT2D eigenvalue weighted by Crippen LogP contribution is -2.38. The number of ether oxygens (including phenoxy) is 1. The molecule has 0 bridgehead atoms. The Morgan fingerprint density at radius 1 is 1.36 bits per heavy atom. The van der Waals surface area contributed by atoms with Crippen LogP contribution in [0.2, 0.25) is 0 Å². The monoisotopic (exact) mass is 189 g/mol. The van der Waals surface area contributed by atoms with E-state index in [1.165, 1.54) is 0 Å². The normalized spacial score (nSPS) is 24.1. The predicted molar refractivity (Wildman–Crippen MR) is 52.7 cm³/mol. The fraction of sp³-hybridized carbons (Fsp3) is 0.364. The van der Waals surface area contributed by atoms with Gasteiger partial charge in [-0.2, -0.15) is 0 Å². The number of nitrogens with zero attached hydrogens (tertiary/aromatic N) is 1. The van der Waals surface area contributed by atoms with Crippen LogP contribution in [0.1, 0.15) is 6.42 Å². The highest BCUT2D eigenvalue weighted by atomic mass is 16.5. The smallest absolute Gasteiger partial charge is 0.154 e. The Bertz CT molecular complexity index is 389. The van der Waals surface area contributed by atoms with E-state index in [-0.39, 0.29) is 6.04 Å². The summed E-state index contributed by atoms with van der Waals surface area (Å²) in [4.78, 5) is 13.5. The molecule has 0 amide bonds. The number of benzene rings is 1. The largest absolute Gasteiger partial charge is 0.489 e. The molecule has 1 unspecified atom stereocenters. The van der Waals surface area contributed by atoms with Gasteiger partial charge in [-0.05, 0) is 12.1 Å². The zero-order chi connectivity index (χ0) is 9.54. The van der Waals surface area contributed by atoms with Crippen molar-refractivity contribution in [1.29, 1.82) is 0 Å². The van der Waals surface area contributed by atoms with Gasteiger partial charge in [0.1, 0.15) is 12.4 Å². The quantitative estimate of drug-likeness (QED) is 0.614. The predicted octanol–water partition coefficient (Wildman–Crippen LogP) is 1.23. The van der Waals surface area contributed by atoms with E-state index in [9.17, 15) is 4.79 Å². The minimum absolute atomic E-state index is 0.261. The first-order chi connectivity index (χ1) is 6.84. The fourth-order valence-corrected chi connectivity index (χ4v) is 2.19. The van der Waals surface area contributed by atoms with Crippen LogP contribution in [0.5, 0.6) is 5.75 Å². The van der Waals surface area contributed by atoms with E-state index in [1.807, 2.05) is 24.3 Å². The maximum absolute atomic E-state index is 11.3. The molecular weight excluding hydrogens is 178 g/mol. The lowest BCUT2D eigenvalue weighted by atomic mass is 10.1. The van der Waals surface area contributed by atoms with Crippen LogP contribution in [0.3, 0.4) is 0 Å². The first kappa shape index (κ1) is 7.85. The number of para-hydroxylation sites is 2. The standard InChI is InChI=1S/C11H11NO2/c13-9-5-8-7-14-11-4-2-1-3-10(11)12(8)6-9/h1-4,8H,5-7H2. The number of fused-ring (bicyclic) bond motifs is 3. The topological polar surface area (TPSA) is 29.5 Å². The Kier molecular flexibility index (Phi) is 1.54. The van der Waals surface area contributed by atoms with E-state index in [1.54, 1.807) is 0 Å². The maximum Gasteiger partial charge on any atom is 0.154 e. The summed E-state index contributed by atoms with van der Waals surface area (Å²) in [6.45, 7) is 1.19. The van der Waals surface area contributed by atoms with Gasteiger partial charge < -0.3 is 9.64 Å². The molecule has 0 N–H and O–H groups in total. The van der Waals surface area contributed by atoms with Crippen LogP contribution >= 0.6 is 0 Å². The van der Waals surface area contributed by atoms with Gasteiger partial charge in [0, 0.05) is 6.42 Å². The summed E-state index contributed by atoms with van der Waals surface area (Å²) in [5, 5.41) is 0. The number of rotatable bonds is 0. The Hall–Kier alpha value is -1.51. The first-order valence-corrected chi connectivity index (χ1v) is 4.85. The van der Waals surface area contributed by atoms with Gasteiger partial charge in [-0.1, -0.05) is 12.1 Å². The molecule has 0 radical (unpaired) electrons. The van der Waals surface area contributed by atoms with E-state index in [0.717, 1.165) is 11.4 Å². The lowest BCUT2D eigenvalue weighted by molar-refractivity contribution is -0.116. The second-order valence-corrected chi connectivity index (χ2v) is 3.80. The maximum atomic E-state index is 11.3. The minimum Gasteiger partial charge on any atom is -0.489 e. The molecule has 1 atom stereocenters. The molecule has 2 heterocycles. The molecule has 2 aliphatic heterocycles. The zero-order valence-corrected chi connectivity index (χ0v) is 7.77. The highest BCUT2D eigenvalue weighted by Crippen LogP contribution is 2.36. The van der Waals surface area contributed by atoms with Crippen LogP contribution in [0, 0.1) is 0 Å². The summed E-state index contributed by atoms with van der Waals surface area (Å²) < 4.78 is 5.59. The van der Waals surface area contributed by atoms with Crippen LogP contribution in [0.25, 0.3) is 0 Å². The Labute approximate surface area is 82.3 Å². The van der Waals surface area contributed by atoms with E-state index < -0.39 is 0 Å². The third kappa shape index (κ3) is 1.02. The molecule has 0 spiro atoms. The van der Waals surface area contributed by atoms with Gasteiger partial charge >= 0.3 is 0 Å². The molecule has 1 aromatic carbocycles. The number of carbonyl (C=O) groups excluding carboxylic acids is 1. The van der Waals surface area contributed by atoms with Gasteiger partial charge in [-0.25, -0.2) is 0 Å². The molecule has 1 fully saturated rings. The van der Waals surface area contributed by atoms with Gasteiger partial charge in [-0.3, -0.25) is 4.79 Å². The number of carbonyl (C=O) groups is 1. The summed E-state index contributed by atoms with van der Waals surface area (Å²) in [6, 6.07) is 8.16. The average Bonchev–Trinajstić information content (AvgIpc) is 2.59. The van der Waals surface area contributed by atoms with Crippen LogP contribution < -0.4 is 9.64 Å². The van der Waals surface area contributed by atoms with Crippen molar-refractivity contribution in [3.05, 3.63) is 24.3 Å². The van der Waals surface area contributed by atoms with Crippen molar-refractivity contribution in [2.75, 3.05) is 18.1 Å². The summed E-state index contributed by atoms with van der Waals surface area (Å²) in [5.74, 6) is 1.22. The molecule has 14 heavy (non-hydrogen) atoms. The molecule has 0 aromatic heterocycles. The molecule has 0 saturated carbocycles. The summed E-state index contributed by atoms with van der Waals surface area (Å²) >= 11 is 0. The molecule has 3 nitrogen and oxygen atoms in total. The molecule has 3 rings (SSSR count). The molecular formula is C11H11NO2. The molecule has 3 heteroatoms. The van der Waals surface area contributed by atoms with Crippen LogP contribution in [0.15, 0.2) is 24.3 Å². The van der Waals surface area contributed by atoms with Crippen molar-refractivity contribution >= 4 is 11.5 Å². The number of Topliss-reactive ketones (excluding diaryl/α,β-unsaturated/α-hetero) is 1. The summed E-state index contributed by atoms with van der Waals surface area (Å²) in [6.07, 6.45) is 0.633. The Morgan fingerprint density at radius 3 is 3.14 bits per heavy atom. The second kappa shape index (κ2) is 2.74. The van der Waals surface area contributed by atoms with Gasteiger partial charge in [0.25, 0.3) is 0 Å². The van der Waals surface area contributed by atoms with Crippen molar-refractivity contribution in [1.82, 2.24) is 0 Å². The van der Waals surface area contributed by atoms with Crippen molar-refractivity contribution in [2.24, 2.45) is 0 Å². The van der Waals surface area contributed by atoms with Gasteiger partial charge in [-0.15, -0.1) is 0 Å². The van der Waals surface area contributed by atoms with Crippen LogP contribution in [0.4, 0.5) is 5.69 Å². The third-order valence-electron chi connectivity index (χ3n) is 2.86. The zero-order valence-electron chi connectivity index (χ0n) is 7.77. The Morgan fingerprint density at radius 2 is 2.21 bits per heavy atom. The van der Waals surface area contributed by atoms with Crippen molar-refractivity contribution in [3.8, 4) is 5.75 Å². The molecule has 2 aliphatic rings. The first-order valence-electron chi connectivity index (χ1n) is 4.85. The molecule has 0 aliphatic carbocycles. The summed E-state index contributed by atoms with van der Waals surface area (Å²) in [5.41, 5.74) is 1.06. The van der Waals surface area contributed by atoms with Crippen molar-refractivity contribution < 1.29 is 9.53 Å².